The standard InChI is InChI=1S/C16H16F3N3O3S2/c1-25-12(23)10-8-4-2-3-5-9(8)27-11(10)20-15(16(17,18)19)13(24)22-6-7-26-14(22)21-15/h20H,2-7H2,1H3/t15-/m0/s1. The molecule has 0 bridgehead atoms. The molecule has 0 unspecified atom stereocenters. The molecule has 27 heavy (non-hydrogen) atoms. The van der Waals surface area contributed by atoms with Crippen molar-refractivity contribution in [3.63, 3.8) is 0 Å². The number of alkyl halides is 3. The number of aryl methyl sites for hydroxylation is 1. The molecule has 1 aromatic rings. The Balaban J connectivity index is 1.82. The zero-order chi connectivity index (χ0) is 19.4. The normalized spacial score (nSPS) is 24.5. The number of anilines is 1. The summed E-state index contributed by atoms with van der Waals surface area (Å²) in [6.07, 6.45) is -1.91. The molecule has 1 N–H and O–H groups in total. The topological polar surface area (TPSA) is 71.0 Å². The molecule has 11 heteroatoms. The fraction of sp³-hybridized carbons (Fsp3) is 0.562. The number of thioether (sulfide) groups is 1. The van der Waals surface area contributed by atoms with Crippen LogP contribution in [0.4, 0.5) is 18.2 Å². The molecule has 3 aliphatic rings. The van der Waals surface area contributed by atoms with Crippen LogP contribution in [-0.4, -0.2) is 53.2 Å². The van der Waals surface area contributed by atoms with E-state index < -0.39 is 23.7 Å². The van der Waals surface area contributed by atoms with Crippen LogP contribution in [-0.2, 0) is 22.4 Å². The van der Waals surface area contributed by atoms with Crippen LogP contribution in [0.2, 0.25) is 0 Å². The second-order valence-corrected chi connectivity index (χ2v) is 8.61. The second-order valence-electron chi connectivity index (χ2n) is 6.44. The third kappa shape index (κ3) is 2.74. The molecule has 2 aliphatic heterocycles. The predicted molar refractivity (Wildman–Crippen MR) is 96.3 cm³/mol. The van der Waals surface area contributed by atoms with Crippen LogP contribution in [0.5, 0.6) is 0 Å². The molecular weight excluding hydrogens is 403 g/mol. The zero-order valence-corrected chi connectivity index (χ0v) is 15.9. The van der Waals surface area contributed by atoms with Crippen LogP contribution < -0.4 is 5.32 Å². The van der Waals surface area contributed by atoms with E-state index in [1.807, 2.05) is 0 Å². The third-order valence-corrected chi connectivity index (χ3v) is 7.02. The van der Waals surface area contributed by atoms with Crippen LogP contribution in [0.3, 0.4) is 0 Å². The number of ether oxygens (including phenoxy) is 1. The van der Waals surface area contributed by atoms with Gasteiger partial charge < -0.3 is 10.1 Å². The molecule has 0 saturated carbocycles. The van der Waals surface area contributed by atoms with E-state index in [0.717, 1.165) is 45.7 Å². The largest absolute Gasteiger partial charge is 0.465 e. The minimum absolute atomic E-state index is 0.00468. The van der Waals surface area contributed by atoms with Crippen LogP contribution in [0.15, 0.2) is 4.99 Å². The van der Waals surface area contributed by atoms with E-state index in [9.17, 15) is 22.8 Å². The lowest BCUT2D eigenvalue weighted by Gasteiger charge is -2.29. The first kappa shape index (κ1) is 18.6. The second kappa shape index (κ2) is 6.40. The van der Waals surface area contributed by atoms with E-state index in [0.29, 0.717) is 24.2 Å². The molecule has 1 fully saturated rings. The van der Waals surface area contributed by atoms with Crippen molar-refractivity contribution >= 4 is 45.1 Å². The van der Waals surface area contributed by atoms with Crippen molar-refractivity contribution in [1.82, 2.24) is 4.90 Å². The third-order valence-electron chi connectivity index (χ3n) is 4.86. The van der Waals surface area contributed by atoms with Crippen molar-refractivity contribution in [2.75, 3.05) is 24.7 Å². The minimum atomic E-state index is -4.96. The van der Waals surface area contributed by atoms with Crippen LogP contribution in [0.1, 0.15) is 33.6 Å². The van der Waals surface area contributed by atoms with E-state index in [1.54, 1.807) is 0 Å². The van der Waals surface area contributed by atoms with Gasteiger partial charge in [-0.05, 0) is 31.2 Å². The number of esters is 1. The highest BCUT2D eigenvalue weighted by atomic mass is 32.2. The van der Waals surface area contributed by atoms with Gasteiger partial charge in [0, 0.05) is 17.2 Å². The Morgan fingerprint density at radius 3 is 2.74 bits per heavy atom. The van der Waals surface area contributed by atoms with Crippen molar-refractivity contribution in [3.8, 4) is 0 Å². The van der Waals surface area contributed by atoms with Crippen molar-refractivity contribution < 1.29 is 27.5 Å². The zero-order valence-electron chi connectivity index (χ0n) is 14.3. The molecule has 0 radical (unpaired) electrons. The SMILES string of the molecule is COC(=O)c1c(N[C@]2(C(F)(F)F)N=C3SCCN3C2=O)sc2c1CCCC2. The van der Waals surface area contributed by atoms with E-state index in [-0.39, 0.29) is 22.3 Å². The van der Waals surface area contributed by atoms with Crippen molar-refractivity contribution in [2.45, 2.75) is 37.5 Å². The number of fused-ring (bicyclic) bond motifs is 2. The summed E-state index contributed by atoms with van der Waals surface area (Å²) < 4.78 is 46.9. The number of hydrogen-bond acceptors (Lipinski definition) is 7. The quantitative estimate of drug-likeness (QED) is 0.763. The van der Waals surface area contributed by atoms with Crippen molar-refractivity contribution in [1.29, 1.82) is 0 Å². The van der Waals surface area contributed by atoms with Gasteiger partial charge in [-0.15, -0.1) is 11.3 Å². The lowest BCUT2D eigenvalue weighted by Crippen LogP contribution is -2.57. The molecule has 0 aromatic carbocycles. The van der Waals surface area contributed by atoms with Gasteiger partial charge in [-0.1, -0.05) is 11.8 Å². The first-order valence-electron chi connectivity index (χ1n) is 8.41. The molecule has 1 saturated heterocycles. The van der Waals surface area contributed by atoms with E-state index in [4.69, 9.17) is 4.74 Å². The van der Waals surface area contributed by atoms with Gasteiger partial charge in [0.1, 0.15) is 5.00 Å². The van der Waals surface area contributed by atoms with Gasteiger partial charge in [-0.3, -0.25) is 9.69 Å². The molecule has 4 rings (SSSR count). The number of amidine groups is 1. The first-order chi connectivity index (χ1) is 12.8. The van der Waals surface area contributed by atoms with Gasteiger partial charge >= 0.3 is 17.8 Å². The number of hydrogen-bond donors (Lipinski definition) is 1. The molecule has 3 heterocycles. The van der Waals surface area contributed by atoms with Gasteiger partial charge in [-0.25, -0.2) is 9.79 Å². The number of carbonyl (C=O) groups is 2. The van der Waals surface area contributed by atoms with Gasteiger partial charge in [0.05, 0.1) is 12.7 Å². The molecule has 1 atom stereocenters. The molecule has 1 amide bonds. The number of halogens is 3. The van der Waals surface area contributed by atoms with Gasteiger partial charge in [-0.2, -0.15) is 13.2 Å². The number of carbonyl (C=O) groups excluding carboxylic acids is 2. The monoisotopic (exact) mass is 419 g/mol. The first-order valence-corrected chi connectivity index (χ1v) is 10.2. The molecular formula is C16H16F3N3O3S2. The molecule has 1 aliphatic carbocycles. The van der Waals surface area contributed by atoms with E-state index in [1.165, 1.54) is 7.11 Å². The summed E-state index contributed by atoms with van der Waals surface area (Å²) in [6.45, 7) is 0.187. The maximum Gasteiger partial charge on any atom is 0.442 e. The number of nitrogens with one attached hydrogen (secondary N) is 1. The number of rotatable bonds is 3. The summed E-state index contributed by atoms with van der Waals surface area (Å²) in [5, 5.41) is 2.37. The Kier molecular flexibility index (Phi) is 4.41. The minimum Gasteiger partial charge on any atom is -0.465 e. The number of nitrogens with zero attached hydrogens (tertiary/aromatic N) is 2. The highest BCUT2D eigenvalue weighted by Gasteiger charge is 2.67. The summed E-state index contributed by atoms with van der Waals surface area (Å²) in [5.74, 6) is -1.35. The fourth-order valence-corrected chi connectivity index (χ4v) is 5.86. The van der Waals surface area contributed by atoms with Crippen molar-refractivity contribution in [2.24, 2.45) is 4.99 Å². The Labute approximate surface area is 161 Å². The Morgan fingerprint density at radius 2 is 2.07 bits per heavy atom. The van der Waals surface area contributed by atoms with Gasteiger partial charge in [0.2, 0.25) is 0 Å². The van der Waals surface area contributed by atoms with E-state index in [2.05, 4.69) is 10.3 Å². The van der Waals surface area contributed by atoms with E-state index >= 15 is 0 Å². The number of methoxy groups -OCH3 is 1. The maximum atomic E-state index is 14.0. The average molecular weight is 419 g/mol. The molecule has 0 spiro atoms. The molecule has 146 valence electrons. The summed E-state index contributed by atoms with van der Waals surface area (Å²) in [4.78, 5) is 30.6. The predicted octanol–water partition coefficient (Wildman–Crippen LogP) is 3.03. The summed E-state index contributed by atoms with van der Waals surface area (Å²) in [5.41, 5.74) is -2.30. The summed E-state index contributed by atoms with van der Waals surface area (Å²) in [7, 11) is 1.19. The summed E-state index contributed by atoms with van der Waals surface area (Å²) >= 11 is 2.19. The Hall–Kier alpha value is -1.75. The lowest BCUT2D eigenvalue weighted by molar-refractivity contribution is -0.185. The van der Waals surface area contributed by atoms with Gasteiger partial charge in [0.15, 0.2) is 5.17 Å². The Morgan fingerprint density at radius 1 is 1.33 bits per heavy atom. The number of aliphatic imine (C=N–C) groups is 1. The molecule has 6 nitrogen and oxygen atoms in total. The number of amides is 1. The number of thiophene rings is 1. The lowest BCUT2D eigenvalue weighted by atomic mass is 9.95. The van der Waals surface area contributed by atoms with Gasteiger partial charge in [0.25, 0.3) is 5.91 Å². The maximum absolute atomic E-state index is 14.0. The van der Waals surface area contributed by atoms with Crippen LogP contribution in [0, 0.1) is 0 Å². The van der Waals surface area contributed by atoms with Crippen molar-refractivity contribution in [3.05, 3.63) is 16.0 Å². The van der Waals surface area contributed by atoms with Crippen LogP contribution >= 0.6 is 23.1 Å². The fourth-order valence-electron chi connectivity index (χ4n) is 3.54. The smallest absolute Gasteiger partial charge is 0.442 e. The highest BCUT2D eigenvalue weighted by Crippen LogP contribution is 2.46. The highest BCUT2D eigenvalue weighted by molar-refractivity contribution is 8.14. The summed E-state index contributed by atoms with van der Waals surface area (Å²) in [6, 6.07) is 0. The molecule has 1 aromatic heterocycles. The van der Waals surface area contributed by atoms with Crippen LogP contribution in [0.25, 0.3) is 0 Å². The average Bonchev–Trinajstić information content (AvgIpc) is 3.28. The Bertz CT molecular complexity index is 852.